The van der Waals surface area contributed by atoms with E-state index in [1.54, 1.807) is 19.0 Å². The molecule has 1 N–H and O–H groups in total. The Labute approximate surface area is 59.4 Å². The number of likely N-dealkylation sites (N-methyl/N-ethyl adjacent to an activating group) is 1. The molecular formula is C6H11NO3. The van der Waals surface area contributed by atoms with E-state index in [1.165, 1.54) is 0 Å². The van der Waals surface area contributed by atoms with Crippen molar-refractivity contribution in [2.45, 2.75) is 5.54 Å². The quantitative estimate of drug-likeness (QED) is 0.563. The number of hydrogen-bond donors (Lipinski definition) is 1. The lowest BCUT2D eigenvalue weighted by atomic mass is 9.96. The molecule has 1 heterocycles. The molecule has 1 aliphatic heterocycles. The largest absolute Gasteiger partial charge is 0.480 e. The first-order valence-corrected chi connectivity index (χ1v) is 3.08. The molecule has 0 aromatic rings. The summed E-state index contributed by atoms with van der Waals surface area (Å²) in [4.78, 5) is 12.3. The van der Waals surface area contributed by atoms with Gasteiger partial charge in [-0.05, 0) is 14.1 Å². The molecule has 1 fully saturated rings. The smallest absolute Gasteiger partial charge is 0.328 e. The van der Waals surface area contributed by atoms with E-state index in [9.17, 15) is 4.79 Å². The fraction of sp³-hybridized carbons (Fsp3) is 0.833. The summed E-state index contributed by atoms with van der Waals surface area (Å²) in [6.07, 6.45) is 0. The highest BCUT2D eigenvalue weighted by Crippen LogP contribution is 2.22. The van der Waals surface area contributed by atoms with Gasteiger partial charge in [0.2, 0.25) is 0 Å². The van der Waals surface area contributed by atoms with E-state index in [4.69, 9.17) is 9.84 Å². The van der Waals surface area contributed by atoms with Crippen molar-refractivity contribution in [3.63, 3.8) is 0 Å². The van der Waals surface area contributed by atoms with Crippen LogP contribution in [0, 0.1) is 0 Å². The number of carbonyl (C=O) groups is 1. The van der Waals surface area contributed by atoms with Crippen LogP contribution in [0.5, 0.6) is 0 Å². The Bertz CT molecular complexity index is 151. The van der Waals surface area contributed by atoms with Crippen molar-refractivity contribution in [2.24, 2.45) is 0 Å². The van der Waals surface area contributed by atoms with E-state index in [-0.39, 0.29) is 0 Å². The second-order valence-electron chi connectivity index (χ2n) is 2.72. The standard InChI is InChI=1S/C6H11NO3/c1-7(2)6(5(8)9)3-10-4-6/h3-4H2,1-2H3,(H,8,9). The first-order valence-electron chi connectivity index (χ1n) is 3.08. The van der Waals surface area contributed by atoms with Crippen molar-refractivity contribution in [1.29, 1.82) is 0 Å². The van der Waals surface area contributed by atoms with Crippen LogP contribution in [-0.2, 0) is 9.53 Å². The lowest BCUT2D eigenvalue weighted by molar-refractivity contribution is -0.181. The van der Waals surface area contributed by atoms with Gasteiger partial charge in [0.15, 0.2) is 5.54 Å². The number of aliphatic carboxylic acids is 1. The Morgan fingerprint density at radius 1 is 1.60 bits per heavy atom. The maximum absolute atomic E-state index is 10.6. The van der Waals surface area contributed by atoms with E-state index in [2.05, 4.69) is 0 Å². The van der Waals surface area contributed by atoms with Gasteiger partial charge < -0.3 is 9.84 Å². The minimum absolute atomic E-state index is 0.301. The summed E-state index contributed by atoms with van der Waals surface area (Å²) in [5, 5.41) is 8.73. The van der Waals surface area contributed by atoms with Crippen molar-refractivity contribution in [3.8, 4) is 0 Å². The van der Waals surface area contributed by atoms with Gasteiger partial charge in [0.25, 0.3) is 0 Å². The Morgan fingerprint density at radius 3 is 2.10 bits per heavy atom. The lowest BCUT2D eigenvalue weighted by Crippen LogP contribution is -2.64. The molecule has 0 bridgehead atoms. The van der Waals surface area contributed by atoms with Gasteiger partial charge in [0.05, 0.1) is 13.2 Å². The second kappa shape index (κ2) is 2.21. The van der Waals surface area contributed by atoms with Crippen LogP contribution in [0.1, 0.15) is 0 Å². The number of carboxylic acids is 1. The highest BCUT2D eigenvalue weighted by molar-refractivity contribution is 5.80. The van der Waals surface area contributed by atoms with Crippen molar-refractivity contribution in [2.75, 3.05) is 27.3 Å². The molecular weight excluding hydrogens is 134 g/mol. The second-order valence-corrected chi connectivity index (χ2v) is 2.72. The van der Waals surface area contributed by atoms with Crippen LogP contribution in [0.2, 0.25) is 0 Å². The SMILES string of the molecule is CN(C)C1(C(=O)O)COC1. The molecule has 10 heavy (non-hydrogen) atoms. The third-order valence-corrected chi connectivity index (χ3v) is 1.94. The Balaban J connectivity index is 2.68. The first-order chi connectivity index (χ1) is 4.59. The molecule has 58 valence electrons. The van der Waals surface area contributed by atoms with Crippen LogP contribution in [0.4, 0.5) is 0 Å². The predicted octanol–water partition coefficient (Wildman–Crippen LogP) is -0.598. The molecule has 0 spiro atoms. The Kier molecular flexibility index (Phi) is 1.66. The van der Waals surface area contributed by atoms with Crippen LogP contribution in [0.25, 0.3) is 0 Å². The van der Waals surface area contributed by atoms with Gasteiger partial charge in [-0.2, -0.15) is 0 Å². The van der Waals surface area contributed by atoms with Crippen molar-refractivity contribution in [3.05, 3.63) is 0 Å². The average Bonchev–Trinajstić information content (AvgIpc) is 1.57. The molecule has 0 aromatic heterocycles. The van der Waals surface area contributed by atoms with Crippen LogP contribution in [-0.4, -0.2) is 48.8 Å². The van der Waals surface area contributed by atoms with Gasteiger partial charge in [-0.25, -0.2) is 0 Å². The molecule has 0 radical (unpaired) electrons. The summed E-state index contributed by atoms with van der Waals surface area (Å²) in [7, 11) is 3.49. The number of nitrogens with zero attached hydrogens (tertiary/aromatic N) is 1. The fourth-order valence-electron chi connectivity index (χ4n) is 0.868. The summed E-state index contributed by atoms with van der Waals surface area (Å²) in [6.45, 7) is 0.602. The zero-order valence-corrected chi connectivity index (χ0v) is 6.13. The van der Waals surface area contributed by atoms with E-state index in [0.29, 0.717) is 13.2 Å². The molecule has 0 unspecified atom stereocenters. The molecule has 0 amide bonds. The van der Waals surface area contributed by atoms with Gasteiger partial charge in [0.1, 0.15) is 0 Å². The normalized spacial score (nSPS) is 22.3. The molecule has 4 heteroatoms. The van der Waals surface area contributed by atoms with Crippen molar-refractivity contribution in [1.82, 2.24) is 4.90 Å². The van der Waals surface area contributed by atoms with E-state index >= 15 is 0 Å². The number of hydrogen-bond acceptors (Lipinski definition) is 3. The predicted molar refractivity (Wildman–Crippen MR) is 34.9 cm³/mol. The highest BCUT2D eigenvalue weighted by Gasteiger charge is 2.48. The van der Waals surface area contributed by atoms with Crippen molar-refractivity contribution < 1.29 is 14.6 Å². The summed E-state index contributed by atoms with van der Waals surface area (Å²) >= 11 is 0. The number of carboxylic acid groups (broad SMARTS) is 1. The lowest BCUT2D eigenvalue weighted by Gasteiger charge is -2.42. The van der Waals surface area contributed by atoms with Crippen molar-refractivity contribution >= 4 is 5.97 Å². The van der Waals surface area contributed by atoms with E-state index in [1.807, 2.05) is 0 Å². The molecule has 0 aromatic carbocycles. The van der Waals surface area contributed by atoms with Gasteiger partial charge >= 0.3 is 5.97 Å². The number of ether oxygens (including phenoxy) is 1. The third-order valence-electron chi connectivity index (χ3n) is 1.94. The monoisotopic (exact) mass is 145 g/mol. The summed E-state index contributed by atoms with van der Waals surface area (Å²) in [6, 6.07) is 0. The maximum atomic E-state index is 10.6. The minimum atomic E-state index is -0.802. The molecule has 1 rings (SSSR count). The molecule has 1 aliphatic rings. The van der Waals surface area contributed by atoms with Gasteiger partial charge in [0, 0.05) is 0 Å². The zero-order valence-electron chi connectivity index (χ0n) is 6.13. The fourth-order valence-corrected chi connectivity index (χ4v) is 0.868. The zero-order chi connectivity index (χ0) is 7.78. The Morgan fingerprint density at radius 2 is 2.10 bits per heavy atom. The van der Waals surface area contributed by atoms with Gasteiger partial charge in [-0.3, -0.25) is 9.69 Å². The molecule has 4 nitrogen and oxygen atoms in total. The highest BCUT2D eigenvalue weighted by atomic mass is 16.5. The van der Waals surface area contributed by atoms with E-state index < -0.39 is 11.5 Å². The van der Waals surface area contributed by atoms with Crippen LogP contribution >= 0.6 is 0 Å². The maximum Gasteiger partial charge on any atom is 0.328 e. The Hall–Kier alpha value is -0.610. The van der Waals surface area contributed by atoms with Crippen LogP contribution in [0.3, 0.4) is 0 Å². The summed E-state index contributed by atoms with van der Waals surface area (Å²) in [5.41, 5.74) is -0.750. The average molecular weight is 145 g/mol. The van der Waals surface area contributed by atoms with Gasteiger partial charge in [-0.15, -0.1) is 0 Å². The van der Waals surface area contributed by atoms with Crippen LogP contribution in [0.15, 0.2) is 0 Å². The molecule has 1 saturated heterocycles. The molecule has 0 saturated carbocycles. The van der Waals surface area contributed by atoms with Crippen LogP contribution < -0.4 is 0 Å². The first kappa shape index (κ1) is 7.50. The minimum Gasteiger partial charge on any atom is -0.480 e. The van der Waals surface area contributed by atoms with E-state index in [0.717, 1.165) is 0 Å². The topological polar surface area (TPSA) is 49.8 Å². The van der Waals surface area contributed by atoms with Gasteiger partial charge in [-0.1, -0.05) is 0 Å². The summed E-state index contributed by atoms with van der Waals surface area (Å²) in [5.74, 6) is -0.802. The number of rotatable bonds is 2. The summed E-state index contributed by atoms with van der Waals surface area (Å²) < 4.78 is 4.84. The molecule has 0 aliphatic carbocycles. The third kappa shape index (κ3) is 0.803. The molecule has 0 atom stereocenters.